The van der Waals surface area contributed by atoms with Gasteiger partial charge in [0.05, 0.1) is 5.56 Å². The van der Waals surface area contributed by atoms with Gasteiger partial charge in [-0.2, -0.15) is 13.2 Å². The third-order valence-electron chi connectivity index (χ3n) is 3.21. The van der Waals surface area contributed by atoms with E-state index in [1.54, 1.807) is 19.1 Å². The maximum absolute atomic E-state index is 13.1. The molecule has 106 valence electrons. The summed E-state index contributed by atoms with van der Waals surface area (Å²) >= 11 is 6.09. The maximum Gasteiger partial charge on any atom is 0.417 e. The summed E-state index contributed by atoms with van der Waals surface area (Å²) in [4.78, 5) is 0. The third-order valence-corrected chi connectivity index (χ3v) is 3.54. The first kappa shape index (κ1) is 14.9. The zero-order chi connectivity index (χ0) is 14.9. The largest absolute Gasteiger partial charge is 0.417 e. The Bertz CT molecular complexity index is 630. The summed E-state index contributed by atoms with van der Waals surface area (Å²) in [6.07, 6.45) is -3.65. The summed E-state index contributed by atoms with van der Waals surface area (Å²) in [6, 6.07) is 9.31. The maximum atomic E-state index is 13.1. The van der Waals surface area contributed by atoms with Gasteiger partial charge < -0.3 is 0 Å². The Kier molecular flexibility index (Phi) is 4.09. The van der Waals surface area contributed by atoms with E-state index in [2.05, 4.69) is 0 Å². The first-order valence-corrected chi connectivity index (χ1v) is 6.67. The van der Waals surface area contributed by atoms with Gasteiger partial charge in [0.2, 0.25) is 0 Å². The molecule has 2 aromatic carbocycles. The van der Waals surface area contributed by atoms with E-state index in [0.29, 0.717) is 10.6 Å². The molecule has 0 fully saturated rings. The van der Waals surface area contributed by atoms with Crippen LogP contribution in [-0.4, -0.2) is 0 Å². The topological polar surface area (TPSA) is 0 Å². The molecule has 0 radical (unpaired) electrons. The lowest BCUT2D eigenvalue weighted by Gasteiger charge is -2.15. The molecule has 0 aromatic heterocycles. The van der Waals surface area contributed by atoms with Crippen molar-refractivity contribution in [3.63, 3.8) is 0 Å². The molecule has 2 rings (SSSR count). The van der Waals surface area contributed by atoms with Gasteiger partial charge in [0.15, 0.2) is 0 Å². The molecule has 0 bridgehead atoms. The summed E-state index contributed by atoms with van der Waals surface area (Å²) in [7, 11) is 0. The number of halogens is 4. The molecule has 0 aliphatic heterocycles. The second-order valence-corrected chi connectivity index (χ2v) is 5.12. The number of aryl methyl sites for hydroxylation is 2. The van der Waals surface area contributed by atoms with Crippen molar-refractivity contribution < 1.29 is 13.2 Å². The van der Waals surface area contributed by atoms with Crippen LogP contribution in [0.3, 0.4) is 0 Å². The van der Waals surface area contributed by atoms with Crippen molar-refractivity contribution in [3.05, 3.63) is 58.1 Å². The molecule has 0 aliphatic rings. The molecular weight excluding hydrogens is 285 g/mol. The number of rotatable bonds is 2. The Morgan fingerprint density at radius 1 is 1.00 bits per heavy atom. The van der Waals surface area contributed by atoms with Crippen LogP contribution in [0, 0.1) is 6.92 Å². The normalized spacial score (nSPS) is 11.7. The van der Waals surface area contributed by atoms with Crippen LogP contribution < -0.4 is 0 Å². The van der Waals surface area contributed by atoms with Gasteiger partial charge in [-0.1, -0.05) is 42.3 Å². The fraction of sp³-hybridized carbons (Fsp3) is 0.250. The molecule has 0 nitrogen and oxygen atoms in total. The molecule has 0 spiro atoms. The van der Waals surface area contributed by atoms with Gasteiger partial charge in [-0.3, -0.25) is 0 Å². The van der Waals surface area contributed by atoms with Crippen molar-refractivity contribution >= 4 is 11.6 Å². The quantitative estimate of drug-likeness (QED) is 0.648. The fourth-order valence-electron chi connectivity index (χ4n) is 2.13. The minimum Gasteiger partial charge on any atom is -0.166 e. The van der Waals surface area contributed by atoms with Crippen LogP contribution >= 0.6 is 11.6 Å². The van der Waals surface area contributed by atoms with Gasteiger partial charge in [-0.25, -0.2) is 0 Å². The van der Waals surface area contributed by atoms with Crippen molar-refractivity contribution in [2.45, 2.75) is 26.4 Å². The molecule has 0 N–H and O–H groups in total. The highest BCUT2D eigenvalue weighted by Crippen LogP contribution is 2.40. The van der Waals surface area contributed by atoms with Crippen LogP contribution in [0.4, 0.5) is 13.2 Å². The average Bonchev–Trinajstić information content (AvgIpc) is 2.37. The summed E-state index contributed by atoms with van der Waals surface area (Å²) in [5.74, 6) is 0. The highest BCUT2D eigenvalue weighted by Gasteiger charge is 2.34. The fourth-order valence-corrected chi connectivity index (χ4v) is 2.35. The molecule has 0 saturated carbocycles. The first-order chi connectivity index (χ1) is 9.32. The molecule has 4 heteroatoms. The summed E-state index contributed by atoms with van der Waals surface area (Å²) in [6.45, 7) is 3.72. The van der Waals surface area contributed by atoms with Crippen molar-refractivity contribution in [2.75, 3.05) is 0 Å². The van der Waals surface area contributed by atoms with E-state index in [0.717, 1.165) is 23.6 Å². The summed E-state index contributed by atoms with van der Waals surface area (Å²) in [5.41, 5.74) is 1.64. The standard InChI is InChI=1S/C16H14ClF3/c1-3-11-5-7-15(17)13(9-11)12-8-10(2)4-6-14(12)16(18,19)20/h4-9H,3H2,1-2H3. The lowest BCUT2D eigenvalue weighted by Crippen LogP contribution is -2.07. The minimum atomic E-state index is -4.39. The van der Waals surface area contributed by atoms with Gasteiger partial charge in [0.25, 0.3) is 0 Å². The van der Waals surface area contributed by atoms with E-state index < -0.39 is 11.7 Å². The van der Waals surface area contributed by atoms with Crippen LogP contribution in [0.15, 0.2) is 36.4 Å². The van der Waals surface area contributed by atoms with Gasteiger partial charge in [-0.15, -0.1) is 0 Å². The second kappa shape index (κ2) is 5.49. The number of hydrogen-bond acceptors (Lipinski definition) is 0. The van der Waals surface area contributed by atoms with Gasteiger partial charge >= 0.3 is 6.18 Å². The van der Waals surface area contributed by atoms with E-state index in [1.807, 2.05) is 13.0 Å². The van der Waals surface area contributed by atoms with Crippen molar-refractivity contribution in [1.82, 2.24) is 0 Å². The van der Waals surface area contributed by atoms with Crippen LogP contribution in [0.5, 0.6) is 0 Å². The highest BCUT2D eigenvalue weighted by atomic mass is 35.5. The van der Waals surface area contributed by atoms with Crippen LogP contribution in [0.2, 0.25) is 5.02 Å². The Morgan fingerprint density at radius 3 is 2.30 bits per heavy atom. The lowest BCUT2D eigenvalue weighted by atomic mass is 9.95. The average molecular weight is 299 g/mol. The van der Waals surface area contributed by atoms with Gasteiger partial charge in [-0.05, 0) is 42.7 Å². The zero-order valence-corrected chi connectivity index (χ0v) is 11.9. The molecule has 0 saturated heterocycles. The molecule has 0 aliphatic carbocycles. The van der Waals surface area contributed by atoms with Crippen molar-refractivity contribution in [2.24, 2.45) is 0 Å². The van der Waals surface area contributed by atoms with E-state index in [-0.39, 0.29) is 5.56 Å². The van der Waals surface area contributed by atoms with Gasteiger partial charge in [0.1, 0.15) is 0 Å². The highest BCUT2D eigenvalue weighted by molar-refractivity contribution is 6.33. The molecular formula is C16H14ClF3. The number of benzene rings is 2. The van der Waals surface area contributed by atoms with E-state index in [1.165, 1.54) is 12.1 Å². The smallest absolute Gasteiger partial charge is 0.166 e. The van der Waals surface area contributed by atoms with E-state index >= 15 is 0 Å². The van der Waals surface area contributed by atoms with E-state index in [9.17, 15) is 13.2 Å². The Morgan fingerprint density at radius 2 is 1.70 bits per heavy atom. The zero-order valence-electron chi connectivity index (χ0n) is 11.2. The minimum absolute atomic E-state index is 0.137. The Labute approximate surface area is 121 Å². The van der Waals surface area contributed by atoms with Crippen LogP contribution in [0.1, 0.15) is 23.6 Å². The first-order valence-electron chi connectivity index (χ1n) is 6.29. The summed E-state index contributed by atoms with van der Waals surface area (Å²) < 4.78 is 39.4. The summed E-state index contributed by atoms with van der Waals surface area (Å²) in [5, 5.41) is 0.332. The molecule has 0 atom stereocenters. The van der Waals surface area contributed by atoms with Crippen molar-refractivity contribution in [1.29, 1.82) is 0 Å². The predicted octanol–water partition coefficient (Wildman–Crippen LogP) is 5.90. The Hall–Kier alpha value is -1.48. The van der Waals surface area contributed by atoms with Gasteiger partial charge in [0, 0.05) is 10.6 Å². The molecule has 0 amide bonds. The van der Waals surface area contributed by atoms with Crippen LogP contribution in [-0.2, 0) is 12.6 Å². The molecule has 20 heavy (non-hydrogen) atoms. The monoisotopic (exact) mass is 298 g/mol. The number of alkyl halides is 3. The second-order valence-electron chi connectivity index (χ2n) is 4.71. The number of hydrogen-bond donors (Lipinski definition) is 0. The SMILES string of the molecule is CCc1ccc(Cl)c(-c2cc(C)ccc2C(F)(F)F)c1. The Balaban J connectivity index is 2.71. The molecule has 0 heterocycles. The lowest BCUT2D eigenvalue weighted by molar-refractivity contribution is -0.137. The predicted molar refractivity (Wildman–Crippen MR) is 76.0 cm³/mol. The van der Waals surface area contributed by atoms with Crippen LogP contribution in [0.25, 0.3) is 11.1 Å². The van der Waals surface area contributed by atoms with Crippen molar-refractivity contribution in [3.8, 4) is 11.1 Å². The third kappa shape index (κ3) is 2.98. The molecule has 2 aromatic rings. The van der Waals surface area contributed by atoms with E-state index in [4.69, 9.17) is 11.6 Å². The molecule has 0 unspecified atom stereocenters.